The second kappa shape index (κ2) is 7.58. The Labute approximate surface area is 131 Å². The predicted octanol–water partition coefficient (Wildman–Crippen LogP) is 3.16. The standard InChI is InChI=1S/C17H25FN2O2/c1-12(2)16(21)11-17(22)19-14-10-13(18)6-7-15(14)20-8-4-3-5-9-20/h6-7,10,12,16,21H,3-5,8-9,11H2,1-2H3,(H,19,22). The van der Waals surface area contributed by atoms with Gasteiger partial charge in [0.25, 0.3) is 0 Å². The predicted molar refractivity (Wildman–Crippen MR) is 86.6 cm³/mol. The van der Waals surface area contributed by atoms with Gasteiger partial charge in [0.2, 0.25) is 5.91 Å². The number of carbonyl (C=O) groups is 1. The number of aliphatic hydroxyl groups is 1. The van der Waals surface area contributed by atoms with E-state index in [2.05, 4.69) is 10.2 Å². The number of hydrogen-bond acceptors (Lipinski definition) is 3. The van der Waals surface area contributed by atoms with E-state index in [4.69, 9.17) is 0 Å². The lowest BCUT2D eigenvalue weighted by molar-refractivity contribution is -0.118. The average Bonchev–Trinajstić information content (AvgIpc) is 2.48. The molecular formula is C17H25FN2O2. The molecule has 1 aliphatic rings. The first-order valence-electron chi connectivity index (χ1n) is 8.00. The van der Waals surface area contributed by atoms with Crippen molar-refractivity contribution in [1.29, 1.82) is 0 Å². The van der Waals surface area contributed by atoms with Crippen LogP contribution in [0.25, 0.3) is 0 Å². The molecular weight excluding hydrogens is 283 g/mol. The summed E-state index contributed by atoms with van der Waals surface area (Å²) >= 11 is 0. The van der Waals surface area contributed by atoms with E-state index in [1.165, 1.54) is 18.6 Å². The lowest BCUT2D eigenvalue weighted by Gasteiger charge is -2.30. The molecule has 0 spiro atoms. The summed E-state index contributed by atoms with van der Waals surface area (Å²) in [7, 11) is 0. The van der Waals surface area contributed by atoms with E-state index in [9.17, 15) is 14.3 Å². The second-order valence-electron chi connectivity index (χ2n) is 6.27. The van der Waals surface area contributed by atoms with Gasteiger partial charge >= 0.3 is 0 Å². The summed E-state index contributed by atoms with van der Waals surface area (Å²) in [5, 5.41) is 12.6. The minimum Gasteiger partial charge on any atom is -0.392 e. The fraction of sp³-hybridized carbons (Fsp3) is 0.588. The molecule has 2 rings (SSSR count). The molecule has 0 aliphatic carbocycles. The number of piperidine rings is 1. The number of rotatable bonds is 5. The van der Waals surface area contributed by atoms with Crippen LogP contribution in [0.15, 0.2) is 18.2 Å². The van der Waals surface area contributed by atoms with Crippen LogP contribution in [0, 0.1) is 11.7 Å². The summed E-state index contributed by atoms with van der Waals surface area (Å²) in [6.45, 7) is 5.56. The van der Waals surface area contributed by atoms with Gasteiger partial charge in [-0.1, -0.05) is 13.8 Å². The van der Waals surface area contributed by atoms with Crippen molar-refractivity contribution in [2.75, 3.05) is 23.3 Å². The average molecular weight is 308 g/mol. The molecule has 1 heterocycles. The highest BCUT2D eigenvalue weighted by Crippen LogP contribution is 2.29. The number of nitrogens with zero attached hydrogens (tertiary/aromatic N) is 1. The van der Waals surface area contributed by atoms with E-state index in [1.54, 1.807) is 6.07 Å². The summed E-state index contributed by atoms with van der Waals surface area (Å²) in [4.78, 5) is 14.2. The number of halogens is 1. The first-order chi connectivity index (χ1) is 10.5. The van der Waals surface area contributed by atoms with Gasteiger partial charge < -0.3 is 15.3 Å². The molecule has 22 heavy (non-hydrogen) atoms. The fourth-order valence-corrected chi connectivity index (χ4v) is 2.65. The molecule has 2 N–H and O–H groups in total. The van der Waals surface area contributed by atoms with Crippen LogP contribution in [0.1, 0.15) is 39.5 Å². The Balaban J connectivity index is 2.11. The highest BCUT2D eigenvalue weighted by molar-refractivity contribution is 5.94. The molecule has 1 aliphatic heterocycles. The van der Waals surface area contributed by atoms with Crippen molar-refractivity contribution in [2.45, 2.75) is 45.6 Å². The molecule has 1 aromatic rings. The molecule has 1 fully saturated rings. The SMILES string of the molecule is CC(C)C(O)CC(=O)Nc1cc(F)ccc1N1CCCCC1. The molecule has 1 atom stereocenters. The van der Waals surface area contributed by atoms with Crippen LogP contribution in [0.3, 0.4) is 0 Å². The van der Waals surface area contributed by atoms with E-state index in [0.29, 0.717) is 5.69 Å². The smallest absolute Gasteiger partial charge is 0.227 e. The van der Waals surface area contributed by atoms with Crippen molar-refractivity contribution in [3.05, 3.63) is 24.0 Å². The Morgan fingerprint density at radius 1 is 1.32 bits per heavy atom. The maximum Gasteiger partial charge on any atom is 0.227 e. The first kappa shape index (κ1) is 16.7. The van der Waals surface area contributed by atoms with Gasteiger partial charge in [-0.3, -0.25) is 4.79 Å². The Morgan fingerprint density at radius 3 is 2.64 bits per heavy atom. The van der Waals surface area contributed by atoms with E-state index in [-0.39, 0.29) is 24.1 Å². The van der Waals surface area contributed by atoms with Crippen molar-refractivity contribution in [3.63, 3.8) is 0 Å². The van der Waals surface area contributed by atoms with Gasteiger partial charge in [0.1, 0.15) is 5.82 Å². The Kier molecular flexibility index (Phi) is 5.77. The van der Waals surface area contributed by atoms with Gasteiger partial charge in [-0.2, -0.15) is 0 Å². The first-order valence-corrected chi connectivity index (χ1v) is 8.00. The molecule has 1 unspecified atom stereocenters. The molecule has 0 bridgehead atoms. The zero-order chi connectivity index (χ0) is 16.1. The quantitative estimate of drug-likeness (QED) is 0.878. The van der Waals surface area contributed by atoms with Crippen LogP contribution in [0.4, 0.5) is 15.8 Å². The third kappa shape index (κ3) is 4.44. The Morgan fingerprint density at radius 2 is 2.00 bits per heavy atom. The number of aliphatic hydroxyl groups excluding tert-OH is 1. The summed E-state index contributed by atoms with van der Waals surface area (Å²) in [6.07, 6.45) is 2.76. The van der Waals surface area contributed by atoms with Gasteiger partial charge in [0.15, 0.2) is 0 Å². The van der Waals surface area contributed by atoms with Crippen LogP contribution < -0.4 is 10.2 Å². The lowest BCUT2D eigenvalue weighted by atomic mass is 10.0. The van der Waals surface area contributed by atoms with E-state index in [0.717, 1.165) is 31.6 Å². The van der Waals surface area contributed by atoms with Crippen molar-refractivity contribution in [2.24, 2.45) is 5.92 Å². The minimum absolute atomic E-state index is 0.0137. The second-order valence-corrected chi connectivity index (χ2v) is 6.27. The topological polar surface area (TPSA) is 52.6 Å². The van der Waals surface area contributed by atoms with Gasteiger partial charge in [-0.25, -0.2) is 4.39 Å². The number of nitrogens with one attached hydrogen (secondary N) is 1. The van der Waals surface area contributed by atoms with Gasteiger partial charge in [0.05, 0.1) is 23.9 Å². The van der Waals surface area contributed by atoms with Crippen LogP contribution >= 0.6 is 0 Å². The lowest BCUT2D eigenvalue weighted by Crippen LogP contribution is -2.31. The fourth-order valence-electron chi connectivity index (χ4n) is 2.65. The zero-order valence-corrected chi connectivity index (χ0v) is 13.3. The summed E-state index contributed by atoms with van der Waals surface area (Å²) < 4.78 is 13.5. The van der Waals surface area contributed by atoms with Crippen molar-refractivity contribution in [3.8, 4) is 0 Å². The highest BCUT2D eigenvalue weighted by atomic mass is 19.1. The molecule has 4 nitrogen and oxygen atoms in total. The van der Waals surface area contributed by atoms with E-state index < -0.39 is 6.10 Å². The molecule has 1 amide bonds. The number of hydrogen-bond donors (Lipinski definition) is 2. The largest absolute Gasteiger partial charge is 0.392 e. The van der Waals surface area contributed by atoms with Crippen LogP contribution in [0.2, 0.25) is 0 Å². The molecule has 1 saturated heterocycles. The van der Waals surface area contributed by atoms with E-state index in [1.807, 2.05) is 13.8 Å². The molecule has 5 heteroatoms. The highest BCUT2D eigenvalue weighted by Gasteiger charge is 2.19. The van der Waals surface area contributed by atoms with Gasteiger partial charge in [-0.05, 0) is 43.4 Å². The third-order valence-corrected chi connectivity index (χ3v) is 4.09. The number of amides is 1. The zero-order valence-electron chi connectivity index (χ0n) is 13.3. The van der Waals surface area contributed by atoms with Gasteiger partial charge in [0, 0.05) is 13.1 Å². The summed E-state index contributed by atoms with van der Waals surface area (Å²) in [5.74, 6) is -0.648. The van der Waals surface area contributed by atoms with Gasteiger partial charge in [-0.15, -0.1) is 0 Å². The van der Waals surface area contributed by atoms with Crippen molar-refractivity contribution < 1.29 is 14.3 Å². The van der Waals surface area contributed by atoms with Crippen molar-refractivity contribution >= 4 is 17.3 Å². The monoisotopic (exact) mass is 308 g/mol. The Bertz CT molecular complexity index is 513. The molecule has 0 aromatic heterocycles. The Hall–Kier alpha value is -1.62. The molecule has 0 saturated carbocycles. The number of benzene rings is 1. The minimum atomic E-state index is -0.688. The van der Waals surface area contributed by atoms with Crippen LogP contribution in [-0.4, -0.2) is 30.2 Å². The maximum absolute atomic E-state index is 13.5. The van der Waals surface area contributed by atoms with E-state index >= 15 is 0 Å². The number of anilines is 2. The molecule has 0 radical (unpaired) electrons. The molecule has 122 valence electrons. The van der Waals surface area contributed by atoms with Crippen LogP contribution in [-0.2, 0) is 4.79 Å². The maximum atomic E-state index is 13.5. The normalized spacial score (nSPS) is 16.7. The number of carbonyl (C=O) groups excluding carboxylic acids is 1. The van der Waals surface area contributed by atoms with Crippen LogP contribution in [0.5, 0.6) is 0 Å². The molecule has 1 aromatic carbocycles. The summed E-state index contributed by atoms with van der Waals surface area (Å²) in [5.41, 5.74) is 1.34. The summed E-state index contributed by atoms with van der Waals surface area (Å²) in [6, 6.07) is 4.49. The third-order valence-electron chi connectivity index (χ3n) is 4.09. The van der Waals surface area contributed by atoms with Crippen molar-refractivity contribution in [1.82, 2.24) is 0 Å².